The average Bonchev–Trinajstić information content (AvgIpc) is 3.06. The number of methoxy groups -OCH3 is 1. The number of hydrogen-bond donors (Lipinski definition) is 1. The molecule has 1 aromatic heterocycles. The van der Waals surface area contributed by atoms with Gasteiger partial charge in [0.2, 0.25) is 0 Å². The van der Waals surface area contributed by atoms with Crippen molar-refractivity contribution in [2.75, 3.05) is 46.4 Å². The van der Waals surface area contributed by atoms with Crippen LogP contribution in [0.5, 0.6) is 5.75 Å². The first-order valence-electron chi connectivity index (χ1n) is 10.5. The van der Waals surface area contributed by atoms with E-state index in [1.165, 1.54) is 7.11 Å². The van der Waals surface area contributed by atoms with Gasteiger partial charge in [0.05, 0.1) is 12.8 Å². The summed E-state index contributed by atoms with van der Waals surface area (Å²) >= 11 is 0. The molecule has 8 heteroatoms. The fourth-order valence-corrected chi connectivity index (χ4v) is 3.74. The van der Waals surface area contributed by atoms with Gasteiger partial charge in [0.1, 0.15) is 5.76 Å². The molecule has 2 aromatic rings. The summed E-state index contributed by atoms with van der Waals surface area (Å²) in [5.41, 5.74) is 3.05. The first kappa shape index (κ1) is 22.1. The maximum absolute atomic E-state index is 13.9. The summed E-state index contributed by atoms with van der Waals surface area (Å²) in [6.45, 7) is 11.8. The first-order chi connectivity index (χ1) is 14.5. The molecule has 0 spiro atoms. The van der Waals surface area contributed by atoms with Gasteiger partial charge < -0.3 is 19.5 Å². The number of ether oxygens (including phenoxy) is 1. The van der Waals surface area contributed by atoms with Crippen molar-refractivity contribution in [3.63, 3.8) is 0 Å². The predicted molar refractivity (Wildman–Crippen MR) is 115 cm³/mol. The predicted octanol–water partition coefficient (Wildman–Crippen LogP) is 2.76. The van der Waals surface area contributed by atoms with Crippen molar-refractivity contribution in [3.8, 4) is 5.75 Å². The quantitative estimate of drug-likeness (QED) is 0.552. The number of aromatic nitrogens is 1. The topological polar surface area (TPSA) is 66.1 Å². The first-order valence-corrected chi connectivity index (χ1v) is 10.5. The summed E-state index contributed by atoms with van der Waals surface area (Å²) in [4.78, 5) is 9.45. The molecule has 0 bridgehead atoms. The molecule has 1 aliphatic rings. The van der Waals surface area contributed by atoms with Gasteiger partial charge in [-0.2, -0.15) is 0 Å². The average molecular weight is 418 g/mol. The Morgan fingerprint density at radius 1 is 1.27 bits per heavy atom. The minimum absolute atomic E-state index is 0.284. The van der Waals surface area contributed by atoms with E-state index in [0.29, 0.717) is 6.54 Å². The van der Waals surface area contributed by atoms with Crippen molar-refractivity contribution in [3.05, 3.63) is 46.6 Å². The van der Waals surface area contributed by atoms with E-state index >= 15 is 0 Å². The minimum Gasteiger partial charge on any atom is -0.494 e. The molecule has 1 aliphatic heterocycles. The van der Waals surface area contributed by atoms with Crippen LogP contribution in [0.2, 0.25) is 0 Å². The van der Waals surface area contributed by atoms with Crippen LogP contribution in [0.1, 0.15) is 29.5 Å². The molecule has 1 N–H and O–H groups in total. The second-order valence-corrected chi connectivity index (χ2v) is 7.52. The van der Waals surface area contributed by atoms with Crippen molar-refractivity contribution in [1.29, 1.82) is 0 Å². The Labute approximate surface area is 177 Å². The van der Waals surface area contributed by atoms with Crippen molar-refractivity contribution in [2.24, 2.45) is 4.99 Å². The molecule has 0 unspecified atom stereocenters. The summed E-state index contributed by atoms with van der Waals surface area (Å²) in [6.07, 6.45) is 0.819. The lowest BCUT2D eigenvalue weighted by atomic mass is 10.1. The smallest absolute Gasteiger partial charge is 0.194 e. The Morgan fingerprint density at radius 2 is 2.03 bits per heavy atom. The Hall–Kier alpha value is -2.61. The van der Waals surface area contributed by atoms with E-state index in [2.05, 4.69) is 27.2 Å². The number of piperazine rings is 1. The summed E-state index contributed by atoms with van der Waals surface area (Å²) in [7, 11) is 1.48. The van der Waals surface area contributed by atoms with Gasteiger partial charge in [0.15, 0.2) is 17.5 Å². The molecular weight excluding hydrogens is 385 g/mol. The number of aliphatic imine (C=N–C) groups is 1. The second kappa shape index (κ2) is 10.4. The summed E-state index contributed by atoms with van der Waals surface area (Å²) in [5.74, 6) is 1.79. The second-order valence-electron chi connectivity index (χ2n) is 7.52. The number of rotatable bonds is 7. The number of aryl methyl sites for hydroxylation is 2. The molecule has 7 nitrogen and oxygen atoms in total. The van der Waals surface area contributed by atoms with Gasteiger partial charge in [0.25, 0.3) is 0 Å². The lowest BCUT2D eigenvalue weighted by molar-refractivity contribution is 0.172. The van der Waals surface area contributed by atoms with E-state index < -0.39 is 0 Å². The van der Waals surface area contributed by atoms with Gasteiger partial charge in [-0.1, -0.05) is 11.2 Å². The Balaban J connectivity index is 1.53. The van der Waals surface area contributed by atoms with Crippen LogP contribution in [0.15, 0.2) is 27.7 Å². The van der Waals surface area contributed by atoms with Gasteiger partial charge in [-0.05, 0) is 44.9 Å². The molecule has 3 rings (SSSR count). The van der Waals surface area contributed by atoms with E-state index in [1.54, 1.807) is 12.1 Å². The molecule has 1 saturated heterocycles. The summed E-state index contributed by atoms with van der Waals surface area (Å²) in [6, 6.07) is 5.18. The fourth-order valence-electron chi connectivity index (χ4n) is 3.74. The van der Waals surface area contributed by atoms with Crippen LogP contribution in [0.4, 0.5) is 4.39 Å². The number of guanidine groups is 1. The van der Waals surface area contributed by atoms with Gasteiger partial charge in [0, 0.05) is 51.4 Å². The van der Waals surface area contributed by atoms with E-state index in [4.69, 9.17) is 14.3 Å². The highest BCUT2D eigenvalue weighted by Gasteiger charge is 2.20. The van der Waals surface area contributed by atoms with Crippen LogP contribution in [-0.4, -0.2) is 67.3 Å². The van der Waals surface area contributed by atoms with Gasteiger partial charge in [-0.15, -0.1) is 0 Å². The Bertz CT molecular complexity index is 840. The standard InChI is InChI=1S/C22H32FN5O2/c1-5-24-22(25-9-8-19-16(2)26-30-17(19)3)28-12-10-27(11-13-28)15-18-6-7-21(29-4)20(23)14-18/h6-7,14H,5,8-13,15H2,1-4H3,(H,24,25). The normalized spacial score (nSPS) is 15.5. The summed E-state index contributed by atoms with van der Waals surface area (Å²) < 4.78 is 24.2. The molecule has 1 aromatic carbocycles. The number of benzene rings is 1. The van der Waals surface area contributed by atoms with Gasteiger partial charge in [-0.3, -0.25) is 9.89 Å². The van der Waals surface area contributed by atoms with Crippen molar-refractivity contribution in [2.45, 2.75) is 33.7 Å². The highest BCUT2D eigenvalue weighted by atomic mass is 19.1. The van der Waals surface area contributed by atoms with Crippen LogP contribution in [0, 0.1) is 19.7 Å². The zero-order chi connectivity index (χ0) is 21.5. The highest BCUT2D eigenvalue weighted by molar-refractivity contribution is 5.80. The van der Waals surface area contributed by atoms with Crippen molar-refractivity contribution >= 4 is 5.96 Å². The maximum Gasteiger partial charge on any atom is 0.194 e. The van der Waals surface area contributed by atoms with Crippen LogP contribution in [-0.2, 0) is 13.0 Å². The third kappa shape index (κ3) is 5.50. The van der Waals surface area contributed by atoms with E-state index in [0.717, 1.165) is 74.2 Å². The Kier molecular flexibility index (Phi) is 7.68. The monoisotopic (exact) mass is 417 g/mol. The zero-order valence-corrected chi connectivity index (χ0v) is 18.4. The third-order valence-electron chi connectivity index (χ3n) is 5.43. The van der Waals surface area contributed by atoms with E-state index in [9.17, 15) is 4.39 Å². The molecule has 30 heavy (non-hydrogen) atoms. The number of nitrogens with zero attached hydrogens (tertiary/aromatic N) is 4. The maximum atomic E-state index is 13.9. The number of halogens is 1. The molecule has 0 radical (unpaired) electrons. The number of hydrogen-bond acceptors (Lipinski definition) is 5. The SMILES string of the molecule is CCNC(=NCCc1c(C)noc1C)N1CCN(Cc2ccc(OC)c(F)c2)CC1. The van der Waals surface area contributed by atoms with Crippen molar-refractivity contribution in [1.82, 2.24) is 20.3 Å². The Morgan fingerprint density at radius 3 is 2.63 bits per heavy atom. The molecule has 1 fully saturated rings. The molecule has 0 aliphatic carbocycles. The summed E-state index contributed by atoms with van der Waals surface area (Å²) in [5, 5.41) is 7.41. The highest BCUT2D eigenvalue weighted by Crippen LogP contribution is 2.19. The van der Waals surface area contributed by atoms with E-state index in [1.807, 2.05) is 19.9 Å². The van der Waals surface area contributed by atoms with Gasteiger partial charge in [-0.25, -0.2) is 4.39 Å². The van der Waals surface area contributed by atoms with E-state index in [-0.39, 0.29) is 11.6 Å². The van der Waals surface area contributed by atoms with Crippen LogP contribution in [0.25, 0.3) is 0 Å². The third-order valence-corrected chi connectivity index (χ3v) is 5.43. The minimum atomic E-state index is -0.312. The lowest BCUT2D eigenvalue weighted by Gasteiger charge is -2.36. The molecule has 2 heterocycles. The fraction of sp³-hybridized carbons (Fsp3) is 0.545. The lowest BCUT2D eigenvalue weighted by Crippen LogP contribution is -2.52. The van der Waals surface area contributed by atoms with Crippen LogP contribution in [0.3, 0.4) is 0 Å². The van der Waals surface area contributed by atoms with Crippen molar-refractivity contribution < 1.29 is 13.7 Å². The largest absolute Gasteiger partial charge is 0.494 e. The van der Waals surface area contributed by atoms with Crippen LogP contribution < -0.4 is 10.1 Å². The van der Waals surface area contributed by atoms with Gasteiger partial charge >= 0.3 is 0 Å². The molecular formula is C22H32FN5O2. The zero-order valence-electron chi connectivity index (χ0n) is 18.4. The molecule has 0 amide bonds. The van der Waals surface area contributed by atoms with Crippen LogP contribution >= 0.6 is 0 Å². The molecule has 164 valence electrons. The number of nitrogens with one attached hydrogen (secondary N) is 1. The molecule has 0 atom stereocenters. The molecule has 0 saturated carbocycles.